The number of hydrogen-bond donors (Lipinski definition) is 5. The van der Waals surface area contributed by atoms with Crippen LogP contribution in [-0.4, -0.2) is 53.0 Å². The van der Waals surface area contributed by atoms with Crippen molar-refractivity contribution in [1.82, 2.24) is 16.0 Å². The van der Waals surface area contributed by atoms with E-state index in [9.17, 15) is 24.3 Å². The molecule has 1 aliphatic rings. The number of nitrogens with two attached hydrogens (primary N) is 1. The molecule has 4 amide bonds. The number of hydrogen-bond acceptors (Lipinski definition) is 6. The third-order valence-electron chi connectivity index (χ3n) is 6.04. The molecule has 1 aliphatic heterocycles. The van der Waals surface area contributed by atoms with Gasteiger partial charge in [0.25, 0.3) is 11.8 Å². The Balaban J connectivity index is 1.58. The Kier molecular flexibility index (Phi) is 9.24. The highest BCUT2D eigenvalue weighted by atomic mass is 16.6. The van der Waals surface area contributed by atoms with Crippen LogP contribution in [-0.2, 0) is 30.3 Å². The number of aromatic hydroxyl groups is 1. The van der Waals surface area contributed by atoms with Gasteiger partial charge in [-0.15, -0.1) is 0 Å². The van der Waals surface area contributed by atoms with Gasteiger partial charge >= 0.3 is 0 Å². The molecule has 0 radical (unpaired) electrons. The highest BCUT2D eigenvalue weighted by molar-refractivity contribution is 5.97. The number of phenolic OH excluding ortho intramolecular Hbond substituents is 1. The van der Waals surface area contributed by atoms with E-state index in [1.54, 1.807) is 12.1 Å². The minimum atomic E-state index is -1.02. The van der Waals surface area contributed by atoms with E-state index >= 15 is 0 Å². The first-order valence-corrected chi connectivity index (χ1v) is 12.2. The number of ether oxygens (including phenoxy) is 1. The van der Waals surface area contributed by atoms with E-state index in [0.717, 1.165) is 5.56 Å². The predicted octanol–water partition coefficient (Wildman–Crippen LogP) is 1.08. The molecule has 1 heterocycles. The van der Waals surface area contributed by atoms with Crippen molar-refractivity contribution in [3.63, 3.8) is 0 Å². The molecule has 2 aromatic carbocycles. The van der Waals surface area contributed by atoms with Crippen LogP contribution in [0, 0.1) is 5.92 Å². The number of carbonyl (C=O) groups is 4. The Morgan fingerprint density at radius 1 is 0.865 bits per heavy atom. The molecule has 10 heteroatoms. The van der Waals surface area contributed by atoms with Gasteiger partial charge in [-0.3, -0.25) is 19.2 Å². The van der Waals surface area contributed by atoms with Gasteiger partial charge < -0.3 is 31.5 Å². The van der Waals surface area contributed by atoms with Crippen LogP contribution in [0.15, 0.2) is 54.6 Å². The van der Waals surface area contributed by atoms with Gasteiger partial charge in [-0.25, -0.2) is 0 Å². The molecular formula is C27H34N4O6. The second kappa shape index (κ2) is 12.4. The second-order valence-corrected chi connectivity index (χ2v) is 9.64. The lowest BCUT2D eigenvalue weighted by Gasteiger charge is -2.23. The van der Waals surface area contributed by atoms with Crippen LogP contribution in [0.5, 0.6) is 5.75 Å². The Hall–Kier alpha value is -3.92. The SMILES string of the molecule is CC(C)C[C@H](NC(=O)[C@@H]1O[C@H]1C(=O)N[C@@H](C)c1ccccc1)C(=O)N[C@@H](Cc1ccc(O)cc1)C(N)=O. The quantitative estimate of drug-likeness (QED) is 0.268. The smallest absolute Gasteiger partial charge is 0.253 e. The van der Waals surface area contributed by atoms with Crippen molar-refractivity contribution in [3.8, 4) is 5.75 Å². The van der Waals surface area contributed by atoms with E-state index in [0.29, 0.717) is 12.0 Å². The first-order chi connectivity index (χ1) is 17.5. The maximum Gasteiger partial charge on any atom is 0.253 e. The van der Waals surface area contributed by atoms with Crippen LogP contribution in [0.25, 0.3) is 0 Å². The van der Waals surface area contributed by atoms with Gasteiger partial charge in [0, 0.05) is 6.42 Å². The lowest BCUT2D eigenvalue weighted by Crippen LogP contribution is -2.54. The van der Waals surface area contributed by atoms with Crippen molar-refractivity contribution < 1.29 is 29.0 Å². The summed E-state index contributed by atoms with van der Waals surface area (Å²) in [5.41, 5.74) is 7.11. The minimum Gasteiger partial charge on any atom is -0.508 e. The molecular weight excluding hydrogens is 476 g/mol. The fourth-order valence-corrected chi connectivity index (χ4v) is 3.95. The lowest BCUT2D eigenvalue weighted by molar-refractivity contribution is -0.132. The summed E-state index contributed by atoms with van der Waals surface area (Å²) in [7, 11) is 0. The summed E-state index contributed by atoms with van der Waals surface area (Å²) < 4.78 is 5.32. The fraction of sp³-hybridized carbons (Fsp3) is 0.407. The molecule has 0 aromatic heterocycles. The summed E-state index contributed by atoms with van der Waals surface area (Å²) in [6.45, 7) is 5.62. The molecule has 5 atom stereocenters. The second-order valence-electron chi connectivity index (χ2n) is 9.64. The van der Waals surface area contributed by atoms with Crippen LogP contribution in [0.1, 0.15) is 44.4 Å². The molecule has 198 valence electrons. The minimum absolute atomic E-state index is 0.0473. The largest absolute Gasteiger partial charge is 0.508 e. The molecule has 10 nitrogen and oxygen atoms in total. The van der Waals surface area contributed by atoms with Gasteiger partial charge in [0.05, 0.1) is 6.04 Å². The van der Waals surface area contributed by atoms with E-state index < -0.39 is 47.9 Å². The van der Waals surface area contributed by atoms with Gasteiger partial charge in [-0.1, -0.05) is 56.3 Å². The zero-order chi connectivity index (χ0) is 27.1. The van der Waals surface area contributed by atoms with Gasteiger partial charge in [0.2, 0.25) is 11.8 Å². The fourth-order valence-electron chi connectivity index (χ4n) is 3.95. The van der Waals surface area contributed by atoms with E-state index in [2.05, 4.69) is 16.0 Å². The number of carbonyl (C=O) groups excluding carboxylic acids is 4. The monoisotopic (exact) mass is 510 g/mol. The standard InChI is InChI=1S/C27H34N4O6/c1-15(2)13-21(25(34)30-20(24(28)33)14-17-9-11-19(32)12-10-17)31-27(36)23-22(37-23)26(35)29-16(3)18-7-5-4-6-8-18/h4-12,15-16,20-23,32H,13-14H2,1-3H3,(H2,28,33)(H,29,35)(H,30,34)(H,31,36)/t16-,20-,21-,22+,23+/m0/s1. The third-order valence-corrected chi connectivity index (χ3v) is 6.04. The van der Waals surface area contributed by atoms with Crippen molar-refractivity contribution in [2.45, 2.75) is 63.9 Å². The average Bonchev–Trinajstić information content (AvgIpc) is 3.66. The summed E-state index contributed by atoms with van der Waals surface area (Å²) >= 11 is 0. The number of benzene rings is 2. The molecule has 0 unspecified atom stereocenters. The number of epoxide rings is 1. The summed E-state index contributed by atoms with van der Waals surface area (Å²) in [5.74, 6) is -2.17. The van der Waals surface area contributed by atoms with Crippen molar-refractivity contribution in [3.05, 3.63) is 65.7 Å². The summed E-state index contributed by atoms with van der Waals surface area (Å²) in [6, 6.07) is 13.4. The van der Waals surface area contributed by atoms with Crippen LogP contribution in [0.3, 0.4) is 0 Å². The van der Waals surface area contributed by atoms with Crippen molar-refractivity contribution >= 4 is 23.6 Å². The van der Waals surface area contributed by atoms with Gasteiger partial charge in [0.1, 0.15) is 17.8 Å². The van der Waals surface area contributed by atoms with Crippen LogP contribution in [0.4, 0.5) is 0 Å². The predicted molar refractivity (Wildman–Crippen MR) is 136 cm³/mol. The molecule has 37 heavy (non-hydrogen) atoms. The molecule has 0 spiro atoms. The van der Waals surface area contributed by atoms with E-state index in [-0.39, 0.29) is 24.1 Å². The number of amides is 4. The van der Waals surface area contributed by atoms with E-state index in [4.69, 9.17) is 10.5 Å². The zero-order valence-corrected chi connectivity index (χ0v) is 21.1. The lowest BCUT2D eigenvalue weighted by atomic mass is 10.0. The molecule has 0 saturated carbocycles. The third kappa shape index (κ3) is 8.04. The number of phenols is 1. The topological polar surface area (TPSA) is 163 Å². The van der Waals surface area contributed by atoms with Gasteiger partial charge in [0.15, 0.2) is 12.2 Å². The normalized spacial score (nSPS) is 18.8. The van der Waals surface area contributed by atoms with Crippen LogP contribution < -0.4 is 21.7 Å². The Morgan fingerprint density at radius 3 is 2.03 bits per heavy atom. The van der Waals surface area contributed by atoms with Gasteiger partial charge in [-0.05, 0) is 42.5 Å². The first kappa shape index (κ1) is 27.7. The molecule has 6 N–H and O–H groups in total. The van der Waals surface area contributed by atoms with Crippen molar-refractivity contribution in [2.75, 3.05) is 0 Å². The summed E-state index contributed by atoms with van der Waals surface area (Å²) in [4.78, 5) is 50.4. The van der Waals surface area contributed by atoms with Crippen LogP contribution in [0.2, 0.25) is 0 Å². The number of rotatable bonds is 12. The molecule has 0 bridgehead atoms. The van der Waals surface area contributed by atoms with Crippen molar-refractivity contribution in [2.24, 2.45) is 11.7 Å². The number of primary amides is 1. The van der Waals surface area contributed by atoms with E-state index in [1.165, 1.54) is 12.1 Å². The highest BCUT2D eigenvalue weighted by Gasteiger charge is 2.51. The van der Waals surface area contributed by atoms with E-state index in [1.807, 2.05) is 51.1 Å². The zero-order valence-electron chi connectivity index (χ0n) is 21.1. The van der Waals surface area contributed by atoms with Gasteiger partial charge in [-0.2, -0.15) is 0 Å². The maximum absolute atomic E-state index is 13.0. The molecule has 0 aliphatic carbocycles. The first-order valence-electron chi connectivity index (χ1n) is 12.2. The number of nitrogens with one attached hydrogen (secondary N) is 3. The molecule has 1 saturated heterocycles. The highest BCUT2D eigenvalue weighted by Crippen LogP contribution is 2.24. The molecule has 1 fully saturated rings. The summed E-state index contributed by atoms with van der Waals surface area (Å²) in [5, 5.41) is 17.5. The molecule has 2 aromatic rings. The average molecular weight is 511 g/mol. The Labute approximate surface area is 216 Å². The van der Waals surface area contributed by atoms with Crippen LogP contribution >= 0.6 is 0 Å². The molecule has 3 rings (SSSR count). The maximum atomic E-state index is 13.0. The van der Waals surface area contributed by atoms with Crippen molar-refractivity contribution in [1.29, 1.82) is 0 Å². The Morgan fingerprint density at radius 2 is 1.46 bits per heavy atom. The Bertz CT molecular complexity index is 1110. The summed E-state index contributed by atoms with van der Waals surface area (Å²) in [6.07, 6.45) is -1.52.